The molecule has 182 valence electrons. The molecule has 2 aromatic carbocycles. The molecule has 34 heavy (non-hydrogen) atoms. The van der Waals surface area contributed by atoms with E-state index in [1.165, 1.54) is 0 Å². The first-order valence-corrected chi connectivity index (χ1v) is 11.3. The number of thiocarbonyl (C=S) groups is 1. The van der Waals surface area contributed by atoms with Gasteiger partial charge >= 0.3 is 0 Å². The van der Waals surface area contributed by atoms with Crippen molar-refractivity contribution in [2.45, 2.75) is 52.9 Å². The van der Waals surface area contributed by atoms with E-state index in [4.69, 9.17) is 17.0 Å². The van der Waals surface area contributed by atoms with Gasteiger partial charge in [-0.25, -0.2) is 0 Å². The highest BCUT2D eigenvalue weighted by atomic mass is 32.1. The number of ether oxygens (including phenoxy) is 1. The fraction of sp³-hybridized carbons (Fsp3) is 0.360. The highest BCUT2D eigenvalue weighted by Gasteiger charge is 2.14. The van der Waals surface area contributed by atoms with Gasteiger partial charge < -0.3 is 10.1 Å². The SMILES string of the molecule is Cc1ccc(C)c(NC(=O)CCC(=O)NNC(=S)NC(=O)COc2ccc(C(C)(C)C)cc2)c1. The van der Waals surface area contributed by atoms with Gasteiger partial charge in [-0.2, -0.15) is 0 Å². The second kappa shape index (κ2) is 12.1. The van der Waals surface area contributed by atoms with Crippen molar-refractivity contribution in [1.29, 1.82) is 0 Å². The van der Waals surface area contributed by atoms with Gasteiger partial charge in [-0.05, 0) is 66.4 Å². The van der Waals surface area contributed by atoms with E-state index in [0.717, 1.165) is 22.4 Å². The van der Waals surface area contributed by atoms with Crippen LogP contribution in [0.1, 0.15) is 50.3 Å². The van der Waals surface area contributed by atoms with Crippen LogP contribution < -0.4 is 26.2 Å². The van der Waals surface area contributed by atoms with Gasteiger partial charge in [0, 0.05) is 18.5 Å². The average Bonchev–Trinajstić information content (AvgIpc) is 2.77. The number of aryl methyl sites for hydroxylation is 2. The van der Waals surface area contributed by atoms with Gasteiger partial charge in [-0.3, -0.25) is 30.6 Å². The molecule has 3 amide bonds. The summed E-state index contributed by atoms with van der Waals surface area (Å²) in [7, 11) is 0. The van der Waals surface area contributed by atoms with Crippen LogP contribution in [-0.2, 0) is 19.8 Å². The third-order valence-corrected chi connectivity index (χ3v) is 5.11. The number of anilines is 1. The van der Waals surface area contributed by atoms with Gasteiger partial charge in [0.1, 0.15) is 5.75 Å². The van der Waals surface area contributed by atoms with Crippen molar-refractivity contribution >= 4 is 40.7 Å². The number of hydrogen-bond acceptors (Lipinski definition) is 5. The van der Waals surface area contributed by atoms with Crippen LogP contribution in [-0.4, -0.2) is 29.4 Å². The van der Waals surface area contributed by atoms with Crippen molar-refractivity contribution in [3.8, 4) is 5.75 Å². The molecule has 0 bridgehead atoms. The first kappa shape index (κ1) is 26.8. The molecular formula is C25H32N4O4S. The normalized spacial score (nSPS) is 10.7. The molecule has 0 saturated heterocycles. The zero-order chi connectivity index (χ0) is 25.3. The molecule has 0 radical (unpaired) electrons. The number of benzene rings is 2. The Morgan fingerprint density at radius 2 is 1.53 bits per heavy atom. The minimum Gasteiger partial charge on any atom is -0.484 e. The summed E-state index contributed by atoms with van der Waals surface area (Å²) in [5.74, 6) is -0.621. The molecular weight excluding hydrogens is 452 g/mol. The summed E-state index contributed by atoms with van der Waals surface area (Å²) in [4.78, 5) is 36.1. The summed E-state index contributed by atoms with van der Waals surface area (Å²) < 4.78 is 5.46. The Balaban J connectivity index is 1.66. The van der Waals surface area contributed by atoms with E-state index in [0.29, 0.717) is 5.75 Å². The fourth-order valence-corrected chi connectivity index (χ4v) is 3.06. The Hall–Kier alpha value is -3.46. The van der Waals surface area contributed by atoms with Gasteiger partial charge in [-0.15, -0.1) is 0 Å². The maximum absolute atomic E-state index is 12.1. The maximum Gasteiger partial charge on any atom is 0.264 e. The highest BCUT2D eigenvalue weighted by molar-refractivity contribution is 7.80. The Labute approximate surface area is 205 Å². The molecule has 2 aromatic rings. The Morgan fingerprint density at radius 1 is 0.882 bits per heavy atom. The highest BCUT2D eigenvalue weighted by Crippen LogP contribution is 2.24. The Kier molecular flexibility index (Phi) is 9.56. The molecule has 4 N–H and O–H groups in total. The largest absolute Gasteiger partial charge is 0.484 e. The number of amides is 3. The van der Waals surface area contributed by atoms with E-state index in [1.54, 1.807) is 12.1 Å². The summed E-state index contributed by atoms with van der Waals surface area (Å²) in [6.07, 6.45) is -0.0458. The lowest BCUT2D eigenvalue weighted by Crippen LogP contribution is -2.49. The molecule has 0 aliphatic carbocycles. The minimum atomic E-state index is -0.473. The fourth-order valence-electron chi connectivity index (χ4n) is 2.89. The standard InChI is InChI=1S/C25H32N4O4S/c1-16-6-7-17(2)20(14-16)26-21(30)12-13-22(31)28-29-24(34)27-23(32)15-33-19-10-8-18(9-11-19)25(3,4)5/h6-11,14H,12-13,15H2,1-5H3,(H,26,30)(H,28,31)(H2,27,29,32,34). The van der Waals surface area contributed by atoms with Crippen LogP contribution in [0, 0.1) is 13.8 Å². The zero-order valence-corrected chi connectivity index (χ0v) is 21.0. The molecule has 0 spiro atoms. The smallest absolute Gasteiger partial charge is 0.264 e. The molecule has 0 saturated carbocycles. The van der Waals surface area contributed by atoms with Gasteiger partial charge in [0.25, 0.3) is 5.91 Å². The van der Waals surface area contributed by atoms with Crippen molar-refractivity contribution in [2.24, 2.45) is 0 Å². The third-order valence-electron chi connectivity index (χ3n) is 4.90. The van der Waals surface area contributed by atoms with Crippen molar-refractivity contribution in [3.63, 3.8) is 0 Å². The van der Waals surface area contributed by atoms with Gasteiger partial charge in [0.15, 0.2) is 11.7 Å². The topological polar surface area (TPSA) is 109 Å². The summed E-state index contributed by atoms with van der Waals surface area (Å²) in [5.41, 5.74) is 8.68. The predicted octanol–water partition coefficient (Wildman–Crippen LogP) is 3.42. The van der Waals surface area contributed by atoms with Crippen molar-refractivity contribution in [1.82, 2.24) is 16.2 Å². The van der Waals surface area contributed by atoms with E-state index in [-0.39, 0.29) is 35.9 Å². The summed E-state index contributed by atoms with van der Waals surface area (Å²) in [6.45, 7) is 9.95. The van der Waals surface area contributed by atoms with Crippen LogP contribution in [0.4, 0.5) is 5.69 Å². The first-order valence-electron chi connectivity index (χ1n) is 10.9. The predicted molar refractivity (Wildman–Crippen MR) is 136 cm³/mol. The number of nitrogens with one attached hydrogen (secondary N) is 4. The lowest BCUT2D eigenvalue weighted by Gasteiger charge is -2.19. The van der Waals surface area contributed by atoms with E-state index in [9.17, 15) is 14.4 Å². The molecule has 9 heteroatoms. The lowest BCUT2D eigenvalue weighted by atomic mass is 9.87. The Morgan fingerprint density at radius 3 is 2.18 bits per heavy atom. The first-order chi connectivity index (χ1) is 15.9. The van der Waals surface area contributed by atoms with Crippen molar-refractivity contribution in [2.75, 3.05) is 11.9 Å². The average molecular weight is 485 g/mol. The molecule has 0 unspecified atom stereocenters. The second-order valence-electron chi connectivity index (χ2n) is 8.98. The molecule has 0 heterocycles. The van der Waals surface area contributed by atoms with E-state index in [1.807, 2.05) is 44.2 Å². The zero-order valence-electron chi connectivity index (χ0n) is 20.2. The molecule has 0 aromatic heterocycles. The molecule has 0 atom stereocenters. The molecule has 0 fully saturated rings. The van der Waals surface area contributed by atoms with Crippen molar-refractivity contribution < 1.29 is 19.1 Å². The van der Waals surface area contributed by atoms with Crippen LogP contribution in [0.15, 0.2) is 42.5 Å². The lowest BCUT2D eigenvalue weighted by molar-refractivity contribution is -0.125. The van der Waals surface area contributed by atoms with Crippen LogP contribution in [0.25, 0.3) is 0 Å². The van der Waals surface area contributed by atoms with Gasteiger partial charge in [-0.1, -0.05) is 45.0 Å². The maximum atomic E-state index is 12.1. The molecule has 0 aliphatic heterocycles. The van der Waals surface area contributed by atoms with Gasteiger partial charge in [0.05, 0.1) is 0 Å². The third kappa shape index (κ3) is 9.19. The van der Waals surface area contributed by atoms with Crippen molar-refractivity contribution in [3.05, 3.63) is 59.2 Å². The molecule has 2 rings (SSSR count). The van der Waals surface area contributed by atoms with Crippen LogP contribution in [0.5, 0.6) is 5.75 Å². The summed E-state index contributed by atoms with van der Waals surface area (Å²) >= 11 is 4.99. The summed E-state index contributed by atoms with van der Waals surface area (Å²) in [6, 6.07) is 13.3. The number of hydrazine groups is 1. The molecule has 0 aliphatic rings. The Bertz CT molecular complexity index is 1050. The monoisotopic (exact) mass is 484 g/mol. The molecule has 8 nitrogen and oxygen atoms in total. The van der Waals surface area contributed by atoms with Gasteiger partial charge in [0.2, 0.25) is 11.8 Å². The minimum absolute atomic E-state index is 0.00185. The van der Waals surface area contributed by atoms with E-state index >= 15 is 0 Å². The quantitative estimate of drug-likeness (QED) is 0.354. The number of carbonyl (C=O) groups excluding carboxylic acids is 3. The number of carbonyl (C=O) groups is 3. The number of rotatable bonds is 7. The number of hydrogen-bond donors (Lipinski definition) is 4. The second-order valence-corrected chi connectivity index (χ2v) is 9.39. The van der Waals surface area contributed by atoms with E-state index < -0.39 is 11.8 Å². The summed E-state index contributed by atoms with van der Waals surface area (Å²) in [5, 5.41) is 5.13. The van der Waals surface area contributed by atoms with E-state index in [2.05, 4.69) is 42.3 Å². The van der Waals surface area contributed by atoms with Crippen LogP contribution in [0.2, 0.25) is 0 Å². The van der Waals surface area contributed by atoms with Crippen LogP contribution >= 0.6 is 12.2 Å². The van der Waals surface area contributed by atoms with Crippen LogP contribution in [0.3, 0.4) is 0 Å².